The van der Waals surface area contributed by atoms with Gasteiger partial charge in [0.1, 0.15) is 28.9 Å². The van der Waals surface area contributed by atoms with Gasteiger partial charge in [-0.25, -0.2) is 0 Å². The molecule has 3 aliphatic rings. The van der Waals surface area contributed by atoms with Crippen LogP contribution in [0.5, 0.6) is 17.2 Å². The molecule has 376 valence electrons. The first kappa shape index (κ1) is 51.2. The molecule has 0 radical (unpaired) electrons. The number of unbranched alkanes of at least 4 members (excludes halogenated alkanes) is 2. The van der Waals surface area contributed by atoms with Crippen LogP contribution in [0.3, 0.4) is 0 Å². The van der Waals surface area contributed by atoms with Crippen LogP contribution in [-0.4, -0.2) is 73.8 Å². The van der Waals surface area contributed by atoms with Crippen molar-refractivity contribution in [3.8, 4) is 17.2 Å². The number of benzene rings is 5. The Hall–Kier alpha value is -7.20. The summed E-state index contributed by atoms with van der Waals surface area (Å²) in [5, 5.41) is 50.3. The van der Waals surface area contributed by atoms with Gasteiger partial charge in [-0.3, -0.25) is 25.0 Å². The summed E-state index contributed by atoms with van der Waals surface area (Å²) in [6.45, 7) is 10.1. The van der Waals surface area contributed by atoms with E-state index in [0.717, 1.165) is 40.3 Å². The van der Waals surface area contributed by atoms with Crippen molar-refractivity contribution in [3.63, 3.8) is 0 Å². The molecule has 1 saturated carbocycles. The summed E-state index contributed by atoms with van der Waals surface area (Å²) in [6, 6.07) is 30.6. The van der Waals surface area contributed by atoms with Crippen molar-refractivity contribution >= 4 is 39.8 Å². The molecule has 0 aromatic heterocycles. The van der Waals surface area contributed by atoms with E-state index in [2.05, 4.69) is 12.7 Å². The second-order valence-electron chi connectivity index (χ2n) is 19.6. The van der Waals surface area contributed by atoms with Gasteiger partial charge in [-0.15, -0.1) is 6.58 Å². The number of rotatable bonds is 21. The summed E-state index contributed by atoms with van der Waals surface area (Å²) >= 11 is 0. The van der Waals surface area contributed by atoms with Gasteiger partial charge >= 0.3 is 0 Å². The Labute approximate surface area is 419 Å². The zero-order valence-electron chi connectivity index (χ0n) is 40.9. The van der Waals surface area contributed by atoms with Crippen LogP contribution >= 0.6 is 0 Å². The average molecular weight is 979 g/mol. The predicted molar refractivity (Wildman–Crippen MR) is 276 cm³/mol. The number of nitro benzene ring substituents is 2. The van der Waals surface area contributed by atoms with Crippen molar-refractivity contribution in [1.82, 2.24) is 4.90 Å². The Bertz CT molecular complexity index is 2870. The highest BCUT2D eigenvalue weighted by atomic mass is 16.7. The van der Waals surface area contributed by atoms with Gasteiger partial charge in [-0.2, -0.15) is 0 Å². The van der Waals surface area contributed by atoms with Gasteiger partial charge in [0.25, 0.3) is 11.4 Å². The lowest BCUT2D eigenvalue weighted by atomic mass is 9.55. The Kier molecular flexibility index (Phi) is 16.0. The zero-order chi connectivity index (χ0) is 51.0. The molecule has 5 aromatic carbocycles. The van der Waals surface area contributed by atoms with Gasteiger partial charge in [-0.1, -0.05) is 78.7 Å². The van der Waals surface area contributed by atoms with Crippen molar-refractivity contribution in [2.45, 2.75) is 95.6 Å². The van der Waals surface area contributed by atoms with Crippen LogP contribution < -0.4 is 9.47 Å². The molecule has 1 fully saturated rings. The lowest BCUT2D eigenvalue weighted by Gasteiger charge is -2.60. The van der Waals surface area contributed by atoms with E-state index in [-0.39, 0.29) is 73.6 Å². The molecule has 15 heteroatoms. The number of hydrogen-bond acceptors (Lipinski definition) is 12. The first-order valence-corrected chi connectivity index (χ1v) is 24.6. The molecule has 72 heavy (non-hydrogen) atoms. The van der Waals surface area contributed by atoms with Crippen molar-refractivity contribution in [2.24, 2.45) is 22.9 Å². The molecule has 2 aliphatic carbocycles. The Morgan fingerprint density at radius 2 is 1.58 bits per heavy atom. The lowest BCUT2D eigenvalue weighted by Crippen LogP contribution is -2.70. The standard InChI is InChI=1S/C57H62N4O11/c1-5-32-69-57-52(59(37-41-17-12-16-39-14-6-7-20-46(39)41)53(64)29-24-38-22-25-42(26-23-38)60(65)66)36-50(58-72-56(2,3)4)48-33-40(15-8-10-30-62)47(21-9-11-31-63)54(55(48)57)49-35-45(27-28-51(49)71-57)70-44-19-13-18-43(34-44)61(67)68/h5-7,12-14,16-20,22-29,33-35,40,47,52,54-55,62-63H,1,8-11,15,21,30-32,36-37H2,2-4H3/t40-,47+,52-,54+,55+,57+/m0/s1. The van der Waals surface area contributed by atoms with E-state index in [9.17, 15) is 30.4 Å². The molecular formula is C57H62N4O11. The number of ether oxygens (including phenoxy) is 3. The topological polar surface area (TPSA) is 196 Å². The second-order valence-corrected chi connectivity index (χ2v) is 19.6. The number of oxime groups is 1. The maximum Gasteiger partial charge on any atom is 0.273 e. The zero-order valence-corrected chi connectivity index (χ0v) is 40.9. The molecule has 5 aromatic rings. The summed E-state index contributed by atoms with van der Waals surface area (Å²) in [6.07, 6.45) is 11.3. The minimum atomic E-state index is -1.59. The summed E-state index contributed by atoms with van der Waals surface area (Å²) in [4.78, 5) is 45.9. The molecular weight excluding hydrogens is 917 g/mol. The molecule has 1 amide bonds. The maximum absolute atomic E-state index is 15.5. The number of fused-ring (bicyclic) bond motifs is 3. The third kappa shape index (κ3) is 11.3. The van der Waals surface area contributed by atoms with Gasteiger partial charge in [0, 0.05) is 61.9 Å². The minimum Gasteiger partial charge on any atom is -0.459 e. The van der Waals surface area contributed by atoms with E-state index < -0.39 is 33.2 Å². The summed E-state index contributed by atoms with van der Waals surface area (Å²) in [7, 11) is 0. The van der Waals surface area contributed by atoms with Gasteiger partial charge in [0.2, 0.25) is 11.7 Å². The van der Waals surface area contributed by atoms with E-state index in [4.69, 9.17) is 24.2 Å². The molecule has 8 rings (SSSR count). The van der Waals surface area contributed by atoms with E-state index in [1.54, 1.807) is 47.4 Å². The van der Waals surface area contributed by atoms with Crippen LogP contribution in [0.25, 0.3) is 16.8 Å². The molecule has 15 nitrogen and oxygen atoms in total. The van der Waals surface area contributed by atoms with E-state index in [0.29, 0.717) is 48.5 Å². The predicted octanol–water partition coefficient (Wildman–Crippen LogP) is 11.6. The number of carbonyl (C=O) groups is 1. The number of nitro groups is 2. The smallest absolute Gasteiger partial charge is 0.273 e. The van der Waals surface area contributed by atoms with Crippen LogP contribution in [0, 0.1) is 38.0 Å². The van der Waals surface area contributed by atoms with Crippen LogP contribution in [0.4, 0.5) is 11.4 Å². The number of aliphatic hydroxyl groups is 2. The number of nitrogens with zero attached hydrogens (tertiary/aromatic N) is 4. The highest BCUT2D eigenvalue weighted by Crippen LogP contribution is 2.62. The molecule has 0 bridgehead atoms. The van der Waals surface area contributed by atoms with Crippen molar-refractivity contribution in [1.29, 1.82) is 0 Å². The monoisotopic (exact) mass is 978 g/mol. The largest absolute Gasteiger partial charge is 0.459 e. The first-order chi connectivity index (χ1) is 34.7. The normalized spacial score (nSPS) is 21.8. The number of hydrogen-bond donors (Lipinski definition) is 2. The van der Waals surface area contributed by atoms with Crippen molar-refractivity contribution < 1.29 is 43.9 Å². The van der Waals surface area contributed by atoms with Gasteiger partial charge in [0.05, 0.1) is 34.1 Å². The second kappa shape index (κ2) is 22.5. The van der Waals surface area contributed by atoms with E-state index in [1.807, 2.05) is 75.4 Å². The summed E-state index contributed by atoms with van der Waals surface area (Å²) in [5.41, 5.74) is 2.87. The third-order valence-corrected chi connectivity index (χ3v) is 13.7. The fourth-order valence-electron chi connectivity index (χ4n) is 10.6. The van der Waals surface area contributed by atoms with Crippen LogP contribution in [0.1, 0.15) is 88.3 Å². The van der Waals surface area contributed by atoms with Crippen molar-refractivity contribution in [2.75, 3.05) is 19.8 Å². The first-order valence-electron chi connectivity index (χ1n) is 24.6. The van der Waals surface area contributed by atoms with E-state index >= 15 is 4.79 Å². The molecule has 1 heterocycles. The van der Waals surface area contributed by atoms with Crippen LogP contribution in [0.2, 0.25) is 0 Å². The summed E-state index contributed by atoms with van der Waals surface area (Å²) in [5.74, 6) is -1.87. The van der Waals surface area contributed by atoms with Crippen molar-refractivity contribution in [3.05, 3.63) is 176 Å². The number of non-ortho nitro benzene ring substituents is 2. The Morgan fingerprint density at radius 1 is 0.875 bits per heavy atom. The number of aliphatic hydroxyl groups excluding tert-OH is 2. The molecule has 2 N–H and O–H groups in total. The number of amides is 1. The maximum atomic E-state index is 15.5. The summed E-state index contributed by atoms with van der Waals surface area (Å²) < 4.78 is 21.1. The highest BCUT2D eigenvalue weighted by molar-refractivity contribution is 6.03. The Balaban J connectivity index is 1.37. The molecule has 1 aliphatic heterocycles. The fraction of sp³-hybridized carbons (Fsp3) is 0.368. The molecule has 6 atom stereocenters. The number of carbonyl (C=O) groups excluding carboxylic acids is 1. The number of allylic oxidation sites excluding steroid dienone is 1. The highest BCUT2D eigenvalue weighted by Gasteiger charge is 2.65. The molecule has 0 saturated heterocycles. The average Bonchev–Trinajstić information content (AvgIpc) is 3.37. The van der Waals surface area contributed by atoms with Gasteiger partial charge in [0.15, 0.2) is 0 Å². The van der Waals surface area contributed by atoms with E-state index in [1.165, 1.54) is 30.3 Å². The SMILES string of the molecule is C=CCO[C@@]12Oc3ccc(Oc4cccc([N+](=O)[O-])c4)cc3[C@H]3[C@H](CCCCO)[C@@H](CCCCO)C=C(C(=NOC(C)(C)C)C[C@@H]1N(Cc1cccc4ccccc14)C(=O)C=Cc1ccc([N+](=O)[O-])cc1)[C@H]32. The van der Waals surface area contributed by atoms with Crippen LogP contribution in [0.15, 0.2) is 145 Å². The molecule has 0 unspecified atom stereocenters. The van der Waals surface area contributed by atoms with Gasteiger partial charge in [-0.05, 0) is 128 Å². The fourth-order valence-corrected chi connectivity index (χ4v) is 10.6. The molecule has 0 spiro atoms. The minimum absolute atomic E-state index is 0.0199. The lowest BCUT2D eigenvalue weighted by molar-refractivity contribution is -0.385. The van der Waals surface area contributed by atoms with Gasteiger partial charge < -0.3 is 34.2 Å². The third-order valence-electron chi connectivity index (χ3n) is 13.7. The quantitative estimate of drug-likeness (QED) is 0.0233. The Morgan fingerprint density at radius 3 is 2.31 bits per heavy atom. The van der Waals surface area contributed by atoms with Crippen LogP contribution in [-0.2, 0) is 20.9 Å².